The van der Waals surface area contributed by atoms with Crippen molar-refractivity contribution in [1.29, 1.82) is 0 Å². The molecule has 0 fully saturated rings. The van der Waals surface area contributed by atoms with E-state index in [-0.39, 0.29) is 34.5 Å². The maximum absolute atomic E-state index is 12.4. The number of hydrogen-bond donors (Lipinski definition) is 1. The summed E-state index contributed by atoms with van der Waals surface area (Å²) in [5.41, 5.74) is 0.512. The van der Waals surface area contributed by atoms with E-state index in [9.17, 15) is 18.5 Å². The van der Waals surface area contributed by atoms with Gasteiger partial charge < -0.3 is 9.47 Å². The first-order valence-electron chi connectivity index (χ1n) is 7.10. The molecular formula is C15H13ClN2O6S. The lowest BCUT2D eigenvalue weighted by Gasteiger charge is -2.09. The number of nitrogens with one attached hydrogen (secondary N) is 1. The van der Waals surface area contributed by atoms with E-state index in [2.05, 4.69) is 4.72 Å². The first-order chi connectivity index (χ1) is 11.8. The largest absolute Gasteiger partial charge is 0.454 e. The van der Waals surface area contributed by atoms with Gasteiger partial charge in [-0.1, -0.05) is 17.7 Å². The van der Waals surface area contributed by atoms with Gasteiger partial charge in [0.05, 0.1) is 14.8 Å². The third-order valence-electron chi connectivity index (χ3n) is 3.70. The molecule has 8 nitrogen and oxygen atoms in total. The van der Waals surface area contributed by atoms with Crippen LogP contribution in [0.2, 0.25) is 5.02 Å². The van der Waals surface area contributed by atoms with Crippen LogP contribution >= 0.6 is 11.6 Å². The molecule has 0 bridgehead atoms. The van der Waals surface area contributed by atoms with Gasteiger partial charge in [-0.15, -0.1) is 0 Å². The number of hydrogen-bond acceptors (Lipinski definition) is 6. The summed E-state index contributed by atoms with van der Waals surface area (Å²) in [5.74, 6) is 1.12. The van der Waals surface area contributed by atoms with E-state index in [0.29, 0.717) is 17.1 Å². The van der Waals surface area contributed by atoms with Gasteiger partial charge in [-0.3, -0.25) is 10.1 Å². The van der Waals surface area contributed by atoms with Gasteiger partial charge in [-0.2, -0.15) is 0 Å². The van der Waals surface area contributed by atoms with Crippen LogP contribution in [0, 0.1) is 17.0 Å². The lowest BCUT2D eigenvalue weighted by molar-refractivity contribution is -0.385. The van der Waals surface area contributed by atoms with Crippen molar-refractivity contribution in [3.63, 3.8) is 0 Å². The highest BCUT2D eigenvalue weighted by Gasteiger charge is 2.22. The van der Waals surface area contributed by atoms with E-state index in [1.807, 2.05) is 0 Å². The molecule has 0 aromatic heterocycles. The number of fused-ring (bicyclic) bond motifs is 1. The molecule has 1 aliphatic rings. The Hall–Kier alpha value is -2.36. The van der Waals surface area contributed by atoms with E-state index in [1.54, 1.807) is 18.2 Å². The minimum Gasteiger partial charge on any atom is -0.454 e. The highest BCUT2D eigenvalue weighted by molar-refractivity contribution is 7.89. The molecule has 2 aromatic rings. The number of nitrogens with zero attached hydrogens (tertiary/aromatic N) is 1. The Balaban J connectivity index is 1.84. The molecule has 0 amide bonds. The second-order valence-electron chi connectivity index (χ2n) is 5.32. The van der Waals surface area contributed by atoms with E-state index < -0.39 is 14.9 Å². The average Bonchev–Trinajstić information content (AvgIpc) is 3.02. The number of ether oxygens (including phenoxy) is 2. The summed E-state index contributed by atoms with van der Waals surface area (Å²) >= 11 is 5.92. The number of benzene rings is 2. The van der Waals surface area contributed by atoms with Gasteiger partial charge in [-0.05, 0) is 30.7 Å². The summed E-state index contributed by atoms with van der Waals surface area (Å²) in [5, 5.41) is 11.1. The molecule has 25 heavy (non-hydrogen) atoms. The fraction of sp³-hybridized carbons (Fsp3) is 0.200. The molecule has 1 heterocycles. The normalized spacial score (nSPS) is 13.0. The van der Waals surface area contributed by atoms with Crippen LogP contribution in [-0.2, 0) is 16.6 Å². The molecule has 10 heteroatoms. The monoisotopic (exact) mass is 384 g/mol. The zero-order valence-electron chi connectivity index (χ0n) is 13.0. The number of nitro benzene ring substituents is 1. The lowest BCUT2D eigenvalue weighted by atomic mass is 10.2. The van der Waals surface area contributed by atoms with Gasteiger partial charge in [0, 0.05) is 18.2 Å². The Morgan fingerprint density at radius 1 is 1.24 bits per heavy atom. The summed E-state index contributed by atoms with van der Waals surface area (Å²) in [4.78, 5) is 10.1. The summed E-state index contributed by atoms with van der Waals surface area (Å²) in [6, 6.07) is 7.21. The third-order valence-corrected chi connectivity index (χ3v) is 5.47. The maximum Gasteiger partial charge on any atom is 0.275 e. The second kappa shape index (κ2) is 6.51. The standard InChI is InChI=1S/C15H13ClN2O6S/c1-9-12(16)5-11(6-13(9)18(19)20)25(21,22)17-7-10-2-3-14-15(4-10)24-8-23-14/h2-6,17H,7-8H2,1H3. The number of halogens is 1. The SMILES string of the molecule is Cc1c(Cl)cc(S(=O)(=O)NCc2ccc3c(c2)OCO3)cc1[N+](=O)[O-]. The minimum atomic E-state index is -3.98. The molecule has 1 N–H and O–H groups in total. The average molecular weight is 385 g/mol. The summed E-state index contributed by atoms with van der Waals surface area (Å²) < 4.78 is 37.7. The van der Waals surface area contributed by atoms with Crippen molar-refractivity contribution in [2.45, 2.75) is 18.4 Å². The predicted octanol–water partition coefficient (Wildman–Crippen LogP) is 2.76. The maximum atomic E-state index is 12.4. The molecule has 0 saturated heterocycles. The van der Waals surface area contributed by atoms with Gasteiger partial charge >= 0.3 is 0 Å². The van der Waals surface area contributed by atoms with Crippen molar-refractivity contribution in [3.05, 3.63) is 56.6 Å². The van der Waals surface area contributed by atoms with Gasteiger partial charge in [0.2, 0.25) is 16.8 Å². The first kappa shape index (κ1) is 17.5. The van der Waals surface area contributed by atoms with Crippen LogP contribution in [0.25, 0.3) is 0 Å². The Kier molecular flexibility index (Phi) is 4.55. The molecule has 3 rings (SSSR count). The second-order valence-corrected chi connectivity index (χ2v) is 7.49. The van der Waals surface area contributed by atoms with E-state index in [0.717, 1.165) is 6.07 Å². The van der Waals surface area contributed by atoms with Crippen LogP contribution in [0.1, 0.15) is 11.1 Å². The molecule has 2 aromatic carbocycles. The van der Waals surface area contributed by atoms with Gasteiger partial charge in [-0.25, -0.2) is 13.1 Å². The smallest absolute Gasteiger partial charge is 0.275 e. The zero-order chi connectivity index (χ0) is 18.2. The van der Waals surface area contributed by atoms with Crippen molar-refractivity contribution >= 4 is 27.3 Å². The van der Waals surface area contributed by atoms with Crippen LogP contribution in [-0.4, -0.2) is 20.1 Å². The van der Waals surface area contributed by atoms with E-state index >= 15 is 0 Å². The first-order valence-corrected chi connectivity index (χ1v) is 8.97. The molecule has 1 aliphatic heterocycles. The third kappa shape index (κ3) is 3.53. The molecule has 0 atom stereocenters. The number of sulfonamides is 1. The van der Waals surface area contributed by atoms with Crippen LogP contribution in [0.3, 0.4) is 0 Å². The van der Waals surface area contributed by atoms with E-state index in [4.69, 9.17) is 21.1 Å². The van der Waals surface area contributed by atoms with Crippen molar-refractivity contribution in [3.8, 4) is 11.5 Å². The van der Waals surface area contributed by atoms with Gasteiger partial charge in [0.1, 0.15) is 0 Å². The lowest BCUT2D eigenvalue weighted by Crippen LogP contribution is -2.23. The van der Waals surface area contributed by atoms with Crippen molar-refractivity contribution in [2.75, 3.05) is 6.79 Å². The van der Waals surface area contributed by atoms with Gasteiger partial charge in [0.15, 0.2) is 11.5 Å². The van der Waals surface area contributed by atoms with E-state index in [1.165, 1.54) is 13.0 Å². The number of rotatable bonds is 5. The van der Waals surface area contributed by atoms with Crippen LogP contribution in [0.4, 0.5) is 5.69 Å². The predicted molar refractivity (Wildman–Crippen MR) is 89.4 cm³/mol. The topological polar surface area (TPSA) is 108 Å². The molecule has 0 aliphatic carbocycles. The van der Waals surface area contributed by atoms with Crippen molar-refractivity contribution in [1.82, 2.24) is 4.72 Å². The van der Waals surface area contributed by atoms with Crippen molar-refractivity contribution in [2.24, 2.45) is 0 Å². The molecule has 132 valence electrons. The molecule has 0 radical (unpaired) electrons. The fourth-order valence-corrected chi connectivity index (χ4v) is 3.64. The highest BCUT2D eigenvalue weighted by Crippen LogP contribution is 2.33. The van der Waals surface area contributed by atoms with Crippen molar-refractivity contribution < 1.29 is 22.8 Å². The zero-order valence-corrected chi connectivity index (χ0v) is 14.6. The highest BCUT2D eigenvalue weighted by atomic mass is 35.5. The summed E-state index contributed by atoms with van der Waals surface area (Å²) in [6.45, 7) is 1.56. The van der Waals surface area contributed by atoms with Crippen LogP contribution in [0.5, 0.6) is 11.5 Å². The Labute approximate surface area is 148 Å². The summed E-state index contributed by atoms with van der Waals surface area (Å²) in [7, 11) is -3.98. The Bertz CT molecular complexity index is 961. The fourth-order valence-electron chi connectivity index (χ4n) is 2.30. The molecular weight excluding hydrogens is 372 g/mol. The van der Waals surface area contributed by atoms with Gasteiger partial charge in [0.25, 0.3) is 5.69 Å². The quantitative estimate of drug-likeness (QED) is 0.627. The number of nitro groups is 1. The van der Waals surface area contributed by atoms with Crippen LogP contribution < -0.4 is 14.2 Å². The van der Waals surface area contributed by atoms with Crippen LogP contribution in [0.15, 0.2) is 35.2 Å². The Morgan fingerprint density at radius 3 is 2.68 bits per heavy atom. The molecule has 0 saturated carbocycles. The minimum absolute atomic E-state index is 0.0117. The Morgan fingerprint density at radius 2 is 1.96 bits per heavy atom. The summed E-state index contributed by atoms with van der Waals surface area (Å²) in [6.07, 6.45) is 0. The molecule has 0 unspecified atom stereocenters. The molecule has 0 spiro atoms.